The fourth-order valence-electron chi connectivity index (χ4n) is 2.10. The number of nitrogens with zero attached hydrogens (tertiary/aromatic N) is 2. The number of hydrogen-bond acceptors (Lipinski definition) is 3. The van der Waals surface area contributed by atoms with Crippen LogP contribution in [0.2, 0.25) is 0 Å². The van der Waals surface area contributed by atoms with Gasteiger partial charge in [0.15, 0.2) is 0 Å². The zero-order valence-corrected chi connectivity index (χ0v) is 12.2. The summed E-state index contributed by atoms with van der Waals surface area (Å²) in [5.41, 5.74) is 2.36. The molecule has 0 aliphatic rings. The van der Waals surface area contributed by atoms with E-state index in [1.165, 1.54) is 15.3 Å². The van der Waals surface area contributed by atoms with Crippen LogP contribution in [-0.4, -0.2) is 9.78 Å². The molecule has 2 aromatic heterocycles. The zero-order valence-electron chi connectivity index (χ0n) is 11.4. The first kappa shape index (κ1) is 13.1. The minimum absolute atomic E-state index is 0.805. The molecule has 3 rings (SSSR count). The lowest BCUT2D eigenvalue weighted by molar-refractivity contribution is 0.661. The monoisotopic (exact) mass is 283 g/mol. The second kappa shape index (κ2) is 6.03. The van der Waals surface area contributed by atoms with E-state index in [9.17, 15) is 0 Å². The van der Waals surface area contributed by atoms with Gasteiger partial charge in [0.2, 0.25) is 0 Å². The van der Waals surface area contributed by atoms with Crippen LogP contribution in [0.4, 0.5) is 0 Å². The number of nitrogens with one attached hydrogen (secondary N) is 1. The van der Waals surface area contributed by atoms with Crippen LogP contribution in [0, 0.1) is 0 Å². The maximum Gasteiger partial charge on any atom is 0.0762 e. The standard InChI is InChI=1S/C16H17N3S/c1-19-10-9-14(18-19)11-17-12-15-7-8-16(20-15)13-5-3-2-4-6-13/h2-10,17H,11-12H2,1H3. The van der Waals surface area contributed by atoms with Gasteiger partial charge < -0.3 is 5.32 Å². The molecule has 4 heteroatoms. The highest BCUT2D eigenvalue weighted by atomic mass is 32.1. The lowest BCUT2D eigenvalue weighted by atomic mass is 10.2. The quantitative estimate of drug-likeness (QED) is 0.777. The largest absolute Gasteiger partial charge is 0.306 e. The minimum Gasteiger partial charge on any atom is -0.306 e. The SMILES string of the molecule is Cn1ccc(CNCc2ccc(-c3ccccc3)s2)n1. The maximum atomic E-state index is 4.35. The van der Waals surface area contributed by atoms with Crippen molar-refractivity contribution in [3.8, 4) is 10.4 Å². The summed E-state index contributed by atoms with van der Waals surface area (Å²) in [6, 6.07) is 16.9. The van der Waals surface area contributed by atoms with E-state index in [2.05, 4.69) is 46.8 Å². The van der Waals surface area contributed by atoms with Gasteiger partial charge in [0.1, 0.15) is 0 Å². The molecule has 0 fully saturated rings. The third-order valence-corrected chi connectivity index (χ3v) is 4.23. The fourth-order valence-corrected chi connectivity index (χ4v) is 3.08. The van der Waals surface area contributed by atoms with Gasteiger partial charge in [-0.05, 0) is 23.8 Å². The van der Waals surface area contributed by atoms with Crippen molar-refractivity contribution in [3.05, 3.63) is 65.3 Å². The van der Waals surface area contributed by atoms with Crippen molar-refractivity contribution < 1.29 is 0 Å². The summed E-state index contributed by atoms with van der Waals surface area (Å²) < 4.78 is 1.83. The van der Waals surface area contributed by atoms with E-state index in [0.717, 1.165) is 18.8 Å². The zero-order chi connectivity index (χ0) is 13.8. The Morgan fingerprint density at radius 3 is 2.65 bits per heavy atom. The number of aromatic nitrogens is 2. The Kier molecular flexibility index (Phi) is 3.95. The summed E-state index contributed by atoms with van der Waals surface area (Å²) in [4.78, 5) is 2.67. The Hall–Kier alpha value is -1.91. The van der Waals surface area contributed by atoms with Gasteiger partial charge in [-0.2, -0.15) is 5.10 Å². The average Bonchev–Trinajstić information content (AvgIpc) is 3.09. The first-order valence-electron chi connectivity index (χ1n) is 6.64. The minimum atomic E-state index is 0.805. The van der Waals surface area contributed by atoms with E-state index in [4.69, 9.17) is 0 Å². The number of benzene rings is 1. The fraction of sp³-hybridized carbons (Fsp3) is 0.188. The van der Waals surface area contributed by atoms with Crippen molar-refractivity contribution in [2.75, 3.05) is 0 Å². The Morgan fingerprint density at radius 2 is 1.90 bits per heavy atom. The summed E-state index contributed by atoms with van der Waals surface area (Å²) in [7, 11) is 1.94. The highest BCUT2D eigenvalue weighted by molar-refractivity contribution is 7.15. The molecule has 0 aliphatic heterocycles. The lowest BCUT2D eigenvalue weighted by Gasteiger charge is -2.00. The summed E-state index contributed by atoms with van der Waals surface area (Å²) in [5.74, 6) is 0. The molecular weight excluding hydrogens is 266 g/mol. The van der Waals surface area contributed by atoms with E-state index in [0.29, 0.717) is 0 Å². The second-order valence-electron chi connectivity index (χ2n) is 4.72. The average molecular weight is 283 g/mol. The van der Waals surface area contributed by atoms with Crippen LogP contribution in [0.15, 0.2) is 54.7 Å². The van der Waals surface area contributed by atoms with Crippen molar-refractivity contribution in [3.63, 3.8) is 0 Å². The van der Waals surface area contributed by atoms with Gasteiger partial charge in [-0.3, -0.25) is 4.68 Å². The number of aryl methyl sites for hydroxylation is 1. The van der Waals surface area contributed by atoms with Crippen molar-refractivity contribution in [2.24, 2.45) is 7.05 Å². The molecule has 0 aliphatic carbocycles. The third kappa shape index (κ3) is 3.15. The molecular formula is C16H17N3S. The molecule has 0 atom stereocenters. The second-order valence-corrected chi connectivity index (χ2v) is 5.88. The van der Waals surface area contributed by atoms with Crippen molar-refractivity contribution >= 4 is 11.3 Å². The molecule has 2 heterocycles. The molecule has 0 spiro atoms. The van der Waals surface area contributed by atoms with Gasteiger partial charge in [-0.1, -0.05) is 30.3 Å². The van der Waals surface area contributed by atoms with E-state index < -0.39 is 0 Å². The van der Waals surface area contributed by atoms with Crippen molar-refractivity contribution in [1.82, 2.24) is 15.1 Å². The third-order valence-electron chi connectivity index (χ3n) is 3.09. The molecule has 0 amide bonds. The molecule has 102 valence electrons. The van der Waals surface area contributed by atoms with Crippen LogP contribution in [-0.2, 0) is 20.1 Å². The van der Waals surface area contributed by atoms with Crippen LogP contribution in [0.25, 0.3) is 10.4 Å². The number of thiophene rings is 1. The molecule has 3 aromatic rings. The first-order valence-corrected chi connectivity index (χ1v) is 7.46. The normalized spacial score (nSPS) is 10.8. The Morgan fingerprint density at radius 1 is 1.05 bits per heavy atom. The topological polar surface area (TPSA) is 29.9 Å². The van der Waals surface area contributed by atoms with Gasteiger partial charge in [-0.15, -0.1) is 11.3 Å². The van der Waals surface area contributed by atoms with Crippen molar-refractivity contribution in [1.29, 1.82) is 0 Å². The predicted molar refractivity (Wildman–Crippen MR) is 83.5 cm³/mol. The number of rotatable bonds is 5. The van der Waals surface area contributed by atoms with Crippen LogP contribution >= 0.6 is 11.3 Å². The van der Waals surface area contributed by atoms with Crippen molar-refractivity contribution in [2.45, 2.75) is 13.1 Å². The van der Waals surface area contributed by atoms with Crippen LogP contribution < -0.4 is 5.32 Å². The molecule has 1 N–H and O–H groups in total. The van der Waals surface area contributed by atoms with Gasteiger partial charge in [0.25, 0.3) is 0 Å². The van der Waals surface area contributed by atoms with Gasteiger partial charge >= 0.3 is 0 Å². The van der Waals surface area contributed by atoms with E-state index in [1.54, 1.807) is 0 Å². The highest BCUT2D eigenvalue weighted by Crippen LogP contribution is 2.27. The Labute approximate surface area is 122 Å². The molecule has 1 aromatic carbocycles. The molecule has 0 radical (unpaired) electrons. The molecule has 0 saturated heterocycles. The molecule has 0 unspecified atom stereocenters. The van der Waals surface area contributed by atoms with E-state index in [-0.39, 0.29) is 0 Å². The highest BCUT2D eigenvalue weighted by Gasteiger charge is 2.03. The summed E-state index contributed by atoms with van der Waals surface area (Å²) in [6.45, 7) is 1.69. The summed E-state index contributed by atoms with van der Waals surface area (Å²) in [6.07, 6.45) is 1.97. The van der Waals surface area contributed by atoms with Gasteiger partial charge in [-0.25, -0.2) is 0 Å². The molecule has 20 heavy (non-hydrogen) atoms. The molecule has 3 nitrogen and oxygen atoms in total. The van der Waals surface area contributed by atoms with Crippen LogP contribution in [0.3, 0.4) is 0 Å². The first-order chi connectivity index (χ1) is 9.81. The van der Waals surface area contributed by atoms with Crippen LogP contribution in [0.1, 0.15) is 10.6 Å². The predicted octanol–water partition coefficient (Wildman–Crippen LogP) is 3.44. The summed E-state index contributed by atoms with van der Waals surface area (Å²) in [5, 5.41) is 7.78. The summed E-state index contributed by atoms with van der Waals surface area (Å²) >= 11 is 1.84. The van der Waals surface area contributed by atoms with Gasteiger partial charge in [0, 0.05) is 36.1 Å². The van der Waals surface area contributed by atoms with E-state index in [1.807, 2.05) is 41.4 Å². The van der Waals surface area contributed by atoms with Gasteiger partial charge in [0.05, 0.1) is 5.69 Å². The molecule has 0 bridgehead atoms. The number of hydrogen-bond donors (Lipinski definition) is 1. The van der Waals surface area contributed by atoms with E-state index >= 15 is 0 Å². The maximum absolute atomic E-state index is 4.35. The smallest absolute Gasteiger partial charge is 0.0762 e. The Balaban J connectivity index is 1.58. The van der Waals surface area contributed by atoms with Crippen LogP contribution in [0.5, 0.6) is 0 Å². The lowest BCUT2D eigenvalue weighted by Crippen LogP contribution is -2.12. The Bertz CT molecular complexity index is 670. The molecule has 0 saturated carbocycles.